The van der Waals surface area contributed by atoms with Crippen molar-refractivity contribution in [2.75, 3.05) is 0 Å². The molecule has 0 amide bonds. The van der Waals surface area contributed by atoms with Gasteiger partial charge in [0, 0.05) is 11.1 Å². The van der Waals surface area contributed by atoms with Crippen LogP contribution >= 0.6 is 11.6 Å². The average Bonchev–Trinajstić information content (AvgIpc) is 2.85. The summed E-state index contributed by atoms with van der Waals surface area (Å²) >= 11 is 6.08. The zero-order valence-electron chi connectivity index (χ0n) is 10.5. The highest BCUT2D eigenvalue weighted by molar-refractivity contribution is 6.31. The van der Waals surface area contributed by atoms with Crippen molar-refractivity contribution in [2.45, 2.75) is 44.6 Å². The van der Waals surface area contributed by atoms with Crippen molar-refractivity contribution in [3.8, 4) is 0 Å². The number of hydrazine groups is 1. The molecule has 0 bridgehead atoms. The van der Waals surface area contributed by atoms with Crippen molar-refractivity contribution in [1.82, 2.24) is 5.43 Å². The molecule has 0 radical (unpaired) electrons. The van der Waals surface area contributed by atoms with Crippen LogP contribution in [0, 0.1) is 11.7 Å². The Morgan fingerprint density at radius 2 is 2.11 bits per heavy atom. The van der Waals surface area contributed by atoms with E-state index in [1.165, 1.54) is 37.8 Å². The average molecular weight is 271 g/mol. The Balaban J connectivity index is 1.98. The molecule has 1 fully saturated rings. The second-order valence-electron chi connectivity index (χ2n) is 5.19. The second-order valence-corrected chi connectivity index (χ2v) is 5.60. The van der Waals surface area contributed by atoms with Crippen molar-refractivity contribution < 1.29 is 4.39 Å². The summed E-state index contributed by atoms with van der Waals surface area (Å²) in [6.07, 6.45) is 6.95. The summed E-state index contributed by atoms with van der Waals surface area (Å²) in [4.78, 5) is 0. The van der Waals surface area contributed by atoms with Crippen molar-refractivity contribution in [1.29, 1.82) is 0 Å². The van der Waals surface area contributed by atoms with E-state index in [1.807, 2.05) is 0 Å². The molecule has 1 aromatic rings. The Kier molecular flexibility index (Phi) is 4.98. The van der Waals surface area contributed by atoms with E-state index >= 15 is 0 Å². The molecular formula is C14H20ClFN2. The number of rotatable bonds is 5. The Morgan fingerprint density at radius 1 is 1.39 bits per heavy atom. The minimum absolute atomic E-state index is 0.174. The predicted octanol–water partition coefficient (Wildman–Crippen LogP) is 3.43. The third-order valence-corrected chi connectivity index (χ3v) is 4.17. The normalized spacial score (nSPS) is 18.2. The maximum Gasteiger partial charge on any atom is 0.123 e. The quantitative estimate of drug-likeness (QED) is 0.635. The molecule has 3 N–H and O–H groups in total. The summed E-state index contributed by atoms with van der Waals surface area (Å²) in [7, 11) is 0. The Labute approximate surface area is 113 Å². The fourth-order valence-electron chi connectivity index (χ4n) is 2.82. The van der Waals surface area contributed by atoms with Crippen molar-refractivity contribution in [3.63, 3.8) is 0 Å². The van der Waals surface area contributed by atoms with E-state index in [-0.39, 0.29) is 11.9 Å². The van der Waals surface area contributed by atoms with E-state index in [1.54, 1.807) is 6.07 Å². The molecule has 1 aromatic carbocycles. The minimum atomic E-state index is -0.244. The highest BCUT2D eigenvalue weighted by Gasteiger charge is 2.20. The summed E-state index contributed by atoms with van der Waals surface area (Å²) < 4.78 is 13.2. The van der Waals surface area contributed by atoms with E-state index < -0.39 is 0 Å². The molecule has 1 aliphatic rings. The van der Waals surface area contributed by atoms with Gasteiger partial charge in [0.2, 0.25) is 0 Å². The number of nitrogens with one attached hydrogen (secondary N) is 1. The van der Waals surface area contributed by atoms with E-state index in [0.29, 0.717) is 11.4 Å². The van der Waals surface area contributed by atoms with Gasteiger partial charge < -0.3 is 0 Å². The van der Waals surface area contributed by atoms with Gasteiger partial charge in [0.25, 0.3) is 0 Å². The summed E-state index contributed by atoms with van der Waals surface area (Å²) in [5, 5.41) is 0.614. The molecular weight excluding hydrogens is 251 g/mol. The van der Waals surface area contributed by atoms with Crippen LogP contribution in [0.25, 0.3) is 0 Å². The molecule has 0 saturated heterocycles. The Hall–Kier alpha value is -0.640. The molecule has 1 atom stereocenters. The lowest BCUT2D eigenvalue weighted by atomic mass is 9.94. The van der Waals surface area contributed by atoms with Crippen molar-refractivity contribution >= 4 is 11.6 Å². The molecule has 18 heavy (non-hydrogen) atoms. The van der Waals surface area contributed by atoms with E-state index in [4.69, 9.17) is 17.4 Å². The lowest BCUT2D eigenvalue weighted by Gasteiger charge is -2.20. The third-order valence-electron chi connectivity index (χ3n) is 3.80. The van der Waals surface area contributed by atoms with Gasteiger partial charge in [-0.25, -0.2) is 4.39 Å². The molecule has 1 aliphatic carbocycles. The van der Waals surface area contributed by atoms with Gasteiger partial charge in [-0.2, -0.15) is 0 Å². The van der Waals surface area contributed by atoms with Gasteiger partial charge in [-0.15, -0.1) is 0 Å². The predicted molar refractivity (Wildman–Crippen MR) is 72.8 cm³/mol. The van der Waals surface area contributed by atoms with E-state index in [0.717, 1.165) is 17.9 Å². The van der Waals surface area contributed by atoms with Crippen LogP contribution in [-0.4, -0.2) is 6.04 Å². The van der Waals surface area contributed by atoms with Crippen LogP contribution in [0.1, 0.15) is 37.7 Å². The number of hydrogen-bond donors (Lipinski definition) is 2. The first kappa shape index (κ1) is 13.8. The first-order valence-electron chi connectivity index (χ1n) is 6.59. The van der Waals surface area contributed by atoms with Crippen LogP contribution in [0.2, 0.25) is 5.02 Å². The van der Waals surface area contributed by atoms with Gasteiger partial charge in [-0.1, -0.05) is 37.3 Å². The molecule has 100 valence electrons. The van der Waals surface area contributed by atoms with Crippen LogP contribution in [0.5, 0.6) is 0 Å². The van der Waals surface area contributed by atoms with Crippen molar-refractivity contribution in [2.24, 2.45) is 11.8 Å². The highest BCUT2D eigenvalue weighted by atomic mass is 35.5. The van der Waals surface area contributed by atoms with Gasteiger partial charge >= 0.3 is 0 Å². The summed E-state index contributed by atoms with van der Waals surface area (Å²) in [6, 6.07) is 4.66. The largest absolute Gasteiger partial charge is 0.271 e. The molecule has 0 heterocycles. The summed E-state index contributed by atoms with van der Waals surface area (Å²) in [6.45, 7) is 0. The molecule has 2 nitrogen and oxygen atoms in total. The summed E-state index contributed by atoms with van der Waals surface area (Å²) in [5.74, 6) is 6.10. The number of benzene rings is 1. The Morgan fingerprint density at radius 3 is 2.78 bits per heavy atom. The fraction of sp³-hybridized carbons (Fsp3) is 0.571. The van der Waals surface area contributed by atoms with Crippen LogP contribution in [0.3, 0.4) is 0 Å². The smallest absolute Gasteiger partial charge is 0.123 e. The molecule has 0 spiro atoms. The minimum Gasteiger partial charge on any atom is -0.271 e. The zero-order valence-corrected chi connectivity index (χ0v) is 11.2. The molecule has 2 rings (SSSR count). The number of halogens is 2. The number of hydrogen-bond acceptors (Lipinski definition) is 2. The topological polar surface area (TPSA) is 38.0 Å². The fourth-order valence-corrected chi connectivity index (χ4v) is 3.02. The SMILES string of the molecule is NNC(Cc1cc(F)ccc1Cl)CC1CCCC1. The monoisotopic (exact) mass is 270 g/mol. The third kappa shape index (κ3) is 3.67. The van der Waals surface area contributed by atoms with Crippen molar-refractivity contribution in [3.05, 3.63) is 34.6 Å². The number of nitrogens with two attached hydrogens (primary N) is 1. The van der Waals surface area contributed by atoms with Crippen LogP contribution < -0.4 is 11.3 Å². The lowest BCUT2D eigenvalue weighted by molar-refractivity contribution is 0.389. The second kappa shape index (κ2) is 6.50. The lowest BCUT2D eigenvalue weighted by Crippen LogP contribution is -2.38. The molecule has 1 unspecified atom stereocenters. The highest BCUT2D eigenvalue weighted by Crippen LogP contribution is 2.29. The summed E-state index contributed by atoms with van der Waals surface area (Å²) in [5.41, 5.74) is 3.67. The molecule has 0 aliphatic heterocycles. The van der Waals surface area contributed by atoms with Crippen LogP contribution in [0.15, 0.2) is 18.2 Å². The maximum atomic E-state index is 13.2. The standard InChI is InChI=1S/C14H20ClFN2/c15-14-6-5-12(16)8-11(14)9-13(18-17)7-10-3-1-2-4-10/h5-6,8,10,13,18H,1-4,7,9,17H2. The molecule has 0 aromatic heterocycles. The Bertz CT molecular complexity index is 391. The van der Waals surface area contributed by atoms with Gasteiger partial charge in [0.1, 0.15) is 5.82 Å². The van der Waals surface area contributed by atoms with Crippen LogP contribution in [0.4, 0.5) is 4.39 Å². The molecule has 4 heteroatoms. The van der Waals surface area contributed by atoms with Gasteiger partial charge in [-0.05, 0) is 42.5 Å². The van der Waals surface area contributed by atoms with E-state index in [9.17, 15) is 4.39 Å². The van der Waals surface area contributed by atoms with Crippen LogP contribution in [-0.2, 0) is 6.42 Å². The molecule has 1 saturated carbocycles. The van der Waals surface area contributed by atoms with Gasteiger partial charge in [-0.3, -0.25) is 11.3 Å². The zero-order chi connectivity index (χ0) is 13.0. The first-order chi connectivity index (χ1) is 8.69. The maximum absolute atomic E-state index is 13.2. The van der Waals surface area contributed by atoms with E-state index in [2.05, 4.69) is 5.43 Å². The van der Waals surface area contributed by atoms with Gasteiger partial charge in [0.05, 0.1) is 0 Å². The first-order valence-corrected chi connectivity index (χ1v) is 6.97. The van der Waals surface area contributed by atoms with Gasteiger partial charge in [0.15, 0.2) is 0 Å².